The number of rotatable bonds is 4. The summed E-state index contributed by atoms with van der Waals surface area (Å²) >= 11 is 0. The molecule has 1 aromatic heterocycles. The monoisotopic (exact) mass is 443 g/mol. The molecule has 2 saturated heterocycles. The molecular formula is C18H25N3O8S. The maximum atomic E-state index is 12.8. The van der Waals surface area contributed by atoms with E-state index in [2.05, 4.69) is 4.18 Å². The lowest BCUT2D eigenvalue weighted by Crippen LogP contribution is -2.51. The first-order chi connectivity index (χ1) is 14.0. The van der Waals surface area contributed by atoms with Gasteiger partial charge in [0.25, 0.3) is 5.91 Å². The van der Waals surface area contributed by atoms with Gasteiger partial charge < -0.3 is 19.5 Å². The Kier molecular flexibility index (Phi) is 7.87. The molecule has 2 fully saturated rings. The summed E-state index contributed by atoms with van der Waals surface area (Å²) in [7, 11) is -1.77. The summed E-state index contributed by atoms with van der Waals surface area (Å²) in [5.41, 5.74) is 0.538. The van der Waals surface area contributed by atoms with Gasteiger partial charge in [0.15, 0.2) is 12.4 Å². The van der Waals surface area contributed by atoms with Crippen molar-refractivity contribution in [2.24, 2.45) is 7.05 Å². The van der Waals surface area contributed by atoms with Crippen molar-refractivity contribution >= 4 is 28.2 Å². The van der Waals surface area contributed by atoms with Gasteiger partial charge in [0.2, 0.25) is 16.3 Å². The molecule has 1 aromatic rings. The number of carboxylic acids is 1. The molecule has 12 heteroatoms. The molecule has 2 aliphatic rings. The number of hydrogen-bond acceptors (Lipinski definition) is 7. The number of nitrogens with zero attached hydrogens (tertiary/aromatic N) is 3. The number of aliphatic carboxylic acids is 1. The number of pyridine rings is 1. The van der Waals surface area contributed by atoms with E-state index in [-0.39, 0.29) is 11.8 Å². The van der Waals surface area contributed by atoms with Crippen LogP contribution in [0.1, 0.15) is 36.0 Å². The van der Waals surface area contributed by atoms with Crippen molar-refractivity contribution in [1.82, 2.24) is 9.80 Å². The number of carboxylic acid groups (broad SMARTS) is 1. The number of carbonyl (C=O) groups excluding carboxylic acids is 2. The van der Waals surface area contributed by atoms with Crippen LogP contribution in [-0.4, -0.2) is 77.9 Å². The van der Waals surface area contributed by atoms with Gasteiger partial charge in [0, 0.05) is 19.2 Å². The van der Waals surface area contributed by atoms with Crippen molar-refractivity contribution in [3.63, 3.8) is 0 Å². The molecule has 2 atom stereocenters. The second-order valence-corrected chi connectivity index (χ2v) is 8.17. The van der Waals surface area contributed by atoms with Crippen LogP contribution in [0.5, 0.6) is 0 Å². The minimum atomic E-state index is -4.41. The van der Waals surface area contributed by atoms with E-state index in [1.165, 1.54) is 4.90 Å². The van der Waals surface area contributed by atoms with Gasteiger partial charge in [-0.25, -0.2) is 17.8 Å². The van der Waals surface area contributed by atoms with E-state index < -0.39 is 28.5 Å². The number of likely N-dealkylation sites (tertiary alicyclic amines) is 2. The van der Waals surface area contributed by atoms with Gasteiger partial charge in [-0.1, -0.05) is 0 Å². The third-order valence-electron chi connectivity index (χ3n) is 5.01. The molecule has 0 spiro atoms. The Morgan fingerprint density at radius 2 is 1.73 bits per heavy atom. The average molecular weight is 443 g/mol. The van der Waals surface area contributed by atoms with Gasteiger partial charge >= 0.3 is 5.97 Å². The molecule has 166 valence electrons. The van der Waals surface area contributed by atoms with Crippen LogP contribution in [-0.2, 0) is 31.2 Å². The summed E-state index contributed by atoms with van der Waals surface area (Å²) < 4.78 is 32.8. The molecule has 3 rings (SSSR count). The van der Waals surface area contributed by atoms with Crippen molar-refractivity contribution in [1.29, 1.82) is 0 Å². The fraction of sp³-hybridized carbons (Fsp3) is 0.556. The zero-order valence-corrected chi connectivity index (χ0v) is 17.6. The van der Waals surface area contributed by atoms with Crippen LogP contribution in [0.2, 0.25) is 0 Å². The van der Waals surface area contributed by atoms with E-state index in [0.717, 1.165) is 13.5 Å². The van der Waals surface area contributed by atoms with Crippen LogP contribution in [0.15, 0.2) is 24.5 Å². The quantitative estimate of drug-likeness (QED) is 0.364. The van der Waals surface area contributed by atoms with E-state index in [4.69, 9.17) is 0 Å². The standard InChI is InChI=1S/C17H21N3O4.CH4O4S/c1-18-8-2-5-12(11-18)15(21)19-9-3-6-13(19)16(22)20-10-4-7-14(20)17(23)24;1-5-6(2,3)4/h2,5,8,11,13-14H,3-4,6-7,9-10H2,1H3;1H3,(H,2,3,4)/t13-,14-;/m0./s1. The fourth-order valence-corrected chi connectivity index (χ4v) is 3.63. The molecule has 0 aliphatic carbocycles. The average Bonchev–Trinajstić information content (AvgIpc) is 3.36. The first-order valence-electron chi connectivity index (χ1n) is 9.36. The molecule has 0 aromatic carbocycles. The minimum Gasteiger partial charge on any atom is -0.726 e. The highest BCUT2D eigenvalue weighted by Gasteiger charge is 2.42. The summed E-state index contributed by atoms with van der Waals surface area (Å²) in [6.45, 7) is 0.980. The maximum Gasteiger partial charge on any atom is 0.326 e. The van der Waals surface area contributed by atoms with Crippen molar-refractivity contribution in [3.05, 3.63) is 30.1 Å². The molecule has 2 amide bonds. The van der Waals surface area contributed by atoms with E-state index in [1.54, 1.807) is 27.8 Å². The largest absolute Gasteiger partial charge is 0.726 e. The summed E-state index contributed by atoms with van der Waals surface area (Å²) in [6.07, 6.45) is 6.09. The maximum absolute atomic E-state index is 12.8. The molecule has 3 heterocycles. The van der Waals surface area contributed by atoms with E-state index in [9.17, 15) is 32.5 Å². The van der Waals surface area contributed by atoms with E-state index in [0.29, 0.717) is 37.9 Å². The normalized spacial score (nSPS) is 21.2. The SMILES string of the molecule is COS(=O)(=O)[O-].C[n+]1cccc(C(=O)N2CCC[C@H]2C(=O)N2CCC[C@H]2C(=O)O)c1. The van der Waals surface area contributed by atoms with Gasteiger partial charge in [-0.2, -0.15) is 0 Å². The summed E-state index contributed by atoms with van der Waals surface area (Å²) in [4.78, 5) is 40.0. The number of hydrogen-bond donors (Lipinski definition) is 1. The summed E-state index contributed by atoms with van der Waals surface area (Å²) in [5, 5.41) is 9.28. The topological polar surface area (TPSA) is 148 Å². The molecule has 0 saturated carbocycles. The van der Waals surface area contributed by atoms with E-state index in [1.807, 2.05) is 13.2 Å². The highest BCUT2D eigenvalue weighted by Crippen LogP contribution is 2.26. The highest BCUT2D eigenvalue weighted by molar-refractivity contribution is 7.80. The Morgan fingerprint density at radius 3 is 2.27 bits per heavy atom. The van der Waals surface area contributed by atoms with Crippen LogP contribution in [0.4, 0.5) is 0 Å². The van der Waals surface area contributed by atoms with Crippen LogP contribution < -0.4 is 4.57 Å². The number of carbonyl (C=O) groups is 3. The molecule has 0 bridgehead atoms. The molecule has 0 radical (unpaired) electrons. The third-order valence-corrected chi connectivity index (χ3v) is 5.42. The third kappa shape index (κ3) is 5.97. The smallest absolute Gasteiger partial charge is 0.326 e. The molecule has 2 aliphatic heterocycles. The lowest BCUT2D eigenvalue weighted by atomic mass is 10.1. The lowest BCUT2D eigenvalue weighted by Gasteiger charge is -2.29. The first kappa shape index (κ1) is 23.7. The predicted octanol–water partition coefficient (Wildman–Crippen LogP) is -0.716. The predicted molar refractivity (Wildman–Crippen MR) is 101 cm³/mol. The molecular weight excluding hydrogens is 418 g/mol. The summed E-state index contributed by atoms with van der Waals surface area (Å²) in [5.74, 6) is -1.37. The van der Waals surface area contributed by atoms with Crippen LogP contribution >= 0.6 is 0 Å². The van der Waals surface area contributed by atoms with Crippen molar-refractivity contribution in [2.45, 2.75) is 37.8 Å². The van der Waals surface area contributed by atoms with E-state index >= 15 is 0 Å². The van der Waals surface area contributed by atoms with Crippen LogP contribution in [0.3, 0.4) is 0 Å². The van der Waals surface area contributed by atoms with Gasteiger partial charge in [-0.15, -0.1) is 0 Å². The summed E-state index contributed by atoms with van der Waals surface area (Å²) in [6, 6.07) is 2.21. The molecule has 11 nitrogen and oxygen atoms in total. The number of aryl methyl sites for hydroxylation is 1. The van der Waals surface area contributed by atoms with Gasteiger partial charge in [-0.3, -0.25) is 13.8 Å². The van der Waals surface area contributed by atoms with Gasteiger partial charge in [-0.05, 0) is 31.7 Å². The fourth-order valence-electron chi connectivity index (χ4n) is 3.63. The zero-order chi connectivity index (χ0) is 22.5. The molecule has 30 heavy (non-hydrogen) atoms. The molecule has 1 N–H and O–H groups in total. The molecule has 0 unspecified atom stereocenters. The lowest BCUT2D eigenvalue weighted by molar-refractivity contribution is -0.671. The van der Waals surface area contributed by atoms with Crippen LogP contribution in [0, 0.1) is 0 Å². The van der Waals surface area contributed by atoms with Gasteiger partial charge in [0.05, 0.1) is 7.11 Å². The number of aromatic nitrogens is 1. The van der Waals surface area contributed by atoms with Crippen molar-refractivity contribution in [3.8, 4) is 0 Å². The Balaban J connectivity index is 0.000000469. The van der Waals surface area contributed by atoms with Gasteiger partial charge in [0.1, 0.15) is 24.7 Å². The number of amides is 2. The Morgan fingerprint density at radius 1 is 1.17 bits per heavy atom. The van der Waals surface area contributed by atoms with Crippen LogP contribution in [0.25, 0.3) is 0 Å². The minimum absolute atomic E-state index is 0.173. The second-order valence-electron chi connectivity index (χ2n) is 7.02. The van der Waals surface area contributed by atoms with Crippen molar-refractivity contribution < 1.29 is 41.2 Å². The Bertz CT molecular complexity index is 904. The first-order valence-corrected chi connectivity index (χ1v) is 10.7. The highest BCUT2D eigenvalue weighted by atomic mass is 32.3. The zero-order valence-electron chi connectivity index (χ0n) is 16.8. The Labute approximate surface area is 174 Å². The second kappa shape index (κ2) is 9.96. The Hall–Kier alpha value is -2.57. The van der Waals surface area contributed by atoms with Crippen molar-refractivity contribution in [2.75, 3.05) is 20.2 Å².